The summed E-state index contributed by atoms with van der Waals surface area (Å²) in [5.74, 6) is -2.15. The van der Waals surface area contributed by atoms with Gasteiger partial charge in [0.25, 0.3) is 5.91 Å². The van der Waals surface area contributed by atoms with E-state index in [1.165, 1.54) is 0 Å². The average Bonchev–Trinajstić information content (AvgIpc) is 2.90. The first-order chi connectivity index (χ1) is 10.6. The molecule has 1 aliphatic rings. The molecule has 0 saturated carbocycles. The SMILES string of the molecule is O=C(NCCn1ncc2c1CCOC2)c1ccc(F)cc1F. The molecule has 2 heterocycles. The van der Waals surface area contributed by atoms with E-state index in [-0.39, 0.29) is 5.56 Å². The lowest BCUT2D eigenvalue weighted by atomic mass is 10.2. The van der Waals surface area contributed by atoms with Crippen LogP contribution in [0, 0.1) is 11.6 Å². The van der Waals surface area contributed by atoms with E-state index in [0.29, 0.717) is 32.4 Å². The number of amides is 1. The number of hydrogen-bond donors (Lipinski definition) is 1. The van der Waals surface area contributed by atoms with Crippen LogP contribution in [0.2, 0.25) is 0 Å². The number of benzene rings is 1. The largest absolute Gasteiger partial charge is 0.376 e. The third-order valence-corrected chi connectivity index (χ3v) is 3.56. The highest BCUT2D eigenvalue weighted by molar-refractivity contribution is 5.94. The number of halogens is 2. The molecule has 0 fully saturated rings. The summed E-state index contributed by atoms with van der Waals surface area (Å²) >= 11 is 0. The highest BCUT2D eigenvalue weighted by Gasteiger charge is 2.16. The molecular weight excluding hydrogens is 292 g/mol. The number of carbonyl (C=O) groups is 1. The third-order valence-electron chi connectivity index (χ3n) is 3.56. The summed E-state index contributed by atoms with van der Waals surface area (Å²) < 4.78 is 33.5. The molecule has 0 unspecified atom stereocenters. The molecule has 1 N–H and O–H groups in total. The lowest BCUT2D eigenvalue weighted by Gasteiger charge is -2.14. The molecule has 1 aromatic carbocycles. The van der Waals surface area contributed by atoms with Crippen LogP contribution in [0.5, 0.6) is 0 Å². The second kappa shape index (κ2) is 6.23. The molecule has 0 bridgehead atoms. The van der Waals surface area contributed by atoms with Crippen LogP contribution in [-0.4, -0.2) is 28.8 Å². The van der Waals surface area contributed by atoms with Crippen molar-refractivity contribution in [2.45, 2.75) is 19.6 Å². The zero-order chi connectivity index (χ0) is 15.5. The van der Waals surface area contributed by atoms with Gasteiger partial charge in [0.05, 0.1) is 31.5 Å². The maximum absolute atomic E-state index is 13.5. The fourth-order valence-electron chi connectivity index (χ4n) is 2.45. The van der Waals surface area contributed by atoms with Gasteiger partial charge < -0.3 is 10.1 Å². The normalized spacial score (nSPS) is 13.7. The Morgan fingerprint density at radius 2 is 2.27 bits per heavy atom. The Bertz CT molecular complexity index is 700. The molecule has 3 rings (SSSR count). The molecule has 22 heavy (non-hydrogen) atoms. The van der Waals surface area contributed by atoms with E-state index < -0.39 is 17.5 Å². The minimum Gasteiger partial charge on any atom is -0.376 e. The van der Waals surface area contributed by atoms with E-state index in [1.54, 1.807) is 6.20 Å². The monoisotopic (exact) mass is 307 g/mol. The predicted octanol–water partition coefficient (Wildman–Crippen LogP) is 1.66. The van der Waals surface area contributed by atoms with Crippen LogP contribution >= 0.6 is 0 Å². The Labute approximate surface area is 125 Å². The molecule has 1 amide bonds. The second-order valence-corrected chi connectivity index (χ2v) is 5.02. The van der Waals surface area contributed by atoms with Gasteiger partial charge in [-0.25, -0.2) is 8.78 Å². The van der Waals surface area contributed by atoms with Crippen molar-refractivity contribution in [3.63, 3.8) is 0 Å². The maximum atomic E-state index is 13.5. The molecular formula is C15H15F2N3O2. The molecule has 0 atom stereocenters. The van der Waals surface area contributed by atoms with Crippen LogP contribution in [-0.2, 0) is 24.3 Å². The summed E-state index contributed by atoms with van der Waals surface area (Å²) in [6.07, 6.45) is 2.55. The van der Waals surface area contributed by atoms with Gasteiger partial charge in [-0.1, -0.05) is 0 Å². The minimum atomic E-state index is -0.869. The molecule has 0 spiro atoms. The summed E-state index contributed by atoms with van der Waals surface area (Å²) in [4.78, 5) is 11.9. The van der Waals surface area contributed by atoms with Gasteiger partial charge in [0.15, 0.2) is 0 Å². The van der Waals surface area contributed by atoms with Crippen LogP contribution in [0.15, 0.2) is 24.4 Å². The fourth-order valence-corrected chi connectivity index (χ4v) is 2.45. The molecule has 116 valence electrons. The van der Waals surface area contributed by atoms with Gasteiger partial charge in [-0.15, -0.1) is 0 Å². The van der Waals surface area contributed by atoms with Crippen LogP contribution in [0.4, 0.5) is 8.78 Å². The molecule has 5 nitrogen and oxygen atoms in total. The van der Waals surface area contributed by atoms with E-state index in [2.05, 4.69) is 10.4 Å². The van der Waals surface area contributed by atoms with Crippen LogP contribution in [0.25, 0.3) is 0 Å². The number of aromatic nitrogens is 2. The summed E-state index contributed by atoms with van der Waals surface area (Å²) in [6.45, 7) is 2.02. The van der Waals surface area contributed by atoms with Crippen molar-refractivity contribution < 1.29 is 18.3 Å². The Kier molecular flexibility index (Phi) is 4.15. The van der Waals surface area contributed by atoms with Crippen LogP contribution in [0.1, 0.15) is 21.6 Å². The summed E-state index contributed by atoms with van der Waals surface area (Å²) in [6, 6.07) is 2.88. The van der Waals surface area contributed by atoms with E-state index >= 15 is 0 Å². The van der Waals surface area contributed by atoms with Gasteiger partial charge in [0, 0.05) is 30.3 Å². The van der Waals surface area contributed by atoms with Crippen LogP contribution in [0.3, 0.4) is 0 Å². The molecule has 7 heteroatoms. The number of nitrogens with zero attached hydrogens (tertiary/aromatic N) is 2. The van der Waals surface area contributed by atoms with E-state index in [9.17, 15) is 13.6 Å². The summed E-state index contributed by atoms with van der Waals surface area (Å²) in [7, 11) is 0. The molecule has 0 saturated heterocycles. The second-order valence-electron chi connectivity index (χ2n) is 5.02. The van der Waals surface area contributed by atoms with Gasteiger partial charge in [-0.3, -0.25) is 9.48 Å². The van der Waals surface area contributed by atoms with Gasteiger partial charge in [-0.05, 0) is 12.1 Å². The quantitative estimate of drug-likeness (QED) is 0.935. The predicted molar refractivity (Wildman–Crippen MR) is 74.3 cm³/mol. The Hall–Kier alpha value is -2.28. The van der Waals surface area contributed by atoms with Gasteiger partial charge in [-0.2, -0.15) is 5.10 Å². The number of hydrogen-bond acceptors (Lipinski definition) is 3. The van der Waals surface area contributed by atoms with E-state index in [4.69, 9.17) is 4.74 Å². The van der Waals surface area contributed by atoms with E-state index in [0.717, 1.165) is 29.8 Å². The lowest BCUT2D eigenvalue weighted by molar-refractivity contribution is 0.0946. The van der Waals surface area contributed by atoms with Crippen molar-refractivity contribution in [2.75, 3.05) is 13.2 Å². The highest BCUT2D eigenvalue weighted by Crippen LogP contribution is 2.15. The third kappa shape index (κ3) is 2.99. The van der Waals surface area contributed by atoms with Gasteiger partial charge in [0.1, 0.15) is 11.6 Å². The minimum absolute atomic E-state index is 0.169. The molecule has 1 aromatic heterocycles. The first-order valence-electron chi connectivity index (χ1n) is 6.99. The van der Waals surface area contributed by atoms with Crippen LogP contribution < -0.4 is 5.32 Å². The number of nitrogens with one attached hydrogen (secondary N) is 1. The first kappa shape index (κ1) is 14.6. The number of ether oxygens (including phenoxy) is 1. The van der Waals surface area contributed by atoms with Crippen molar-refractivity contribution in [2.24, 2.45) is 0 Å². The molecule has 0 radical (unpaired) electrons. The van der Waals surface area contributed by atoms with Gasteiger partial charge in [0.2, 0.25) is 0 Å². The molecule has 0 aliphatic carbocycles. The van der Waals surface area contributed by atoms with Crippen molar-refractivity contribution in [1.82, 2.24) is 15.1 Å². The van der Waals surface area contributed by atoms with Crippen molar-refractivity contribution in [3.05, 3.63) is 52.9 Å². The van der Waals surface area contributed by atoms with Crippen molar-refractivity contribution >= 4 is 5.91 Å². The number of carbonyl (C=O) groups excluding carboxylic acids is 1. The maximum Gasteiger partial charge on any atom is 0.254 e. The molecule has 2 aromatic rings. The smallest absolute Gasteiger partial charge is 0.254 e. The first-order valence-corrected chi connectivity index (χ1v) is 6.99. The Morgan fingerprint density at radius 3 is 3.09 bits per heavy atom. The highest BCUT2D eigenvalue weighted by atomic mass is 19.1. The van der Waals surface area contributed by atoms with Crippen molar-refractivity contribution in [3.8, 4) is 0 Å². The van der Waals surface area contributed by atoms with Gasteiger partial charge >= 0.3 is 0 Å². The van der Waals surface area contributed by atoms with E-state index in [1.807, 2.05) is 4.68 Å². The standard InChI is InChI=1S/C15H15F2N3O2/c16-11-1-2-12(13(17)7-11)15(21)18-4-5-20-14-3-6-22-9-10(14)8-19-20/h1-2,7-8H,3-6,9H2,(H,18,21). The lowest BCUT2D eigenvalue weighted by Crippen LogP contribution is -2.29. The Morgan fingerprint density at radius 1 is 1.41 bits per heavy atom. The summed E-state index contributed by atoms with van der Waals surface area (Å²) in [5.41, 5.74) is 1.99. The topological polar surface area (TPSA) is 56.2 Å². The average molecular weight is 307 g/mol. The fraction of sp³-hybridized carbons (Fsp3) is 0.333. The zero-order valence-corrected chi connectivity index (χ0v) is 11.8. The Balaban J connectivity index is 1.59. The number of fused-ring (bicyclic) bond motifs is 1. The number of rotatable bonds is 4. The zero-order valence-electron chi connectivity index (χ0n) is 11.8. The summed E-state index contributed by atoms with van der Waals surface area (Å²) in [5, 5.41) is 6.87. The van der Waals surface area contributed by atoms with Crippen molar-refractivity contribution in [1.29, 1.82) is 0 Å². The molecule has 1 aliphatic heterocycles.